The number of nitrogens with two attached hydrogens (primary N) is 1. The normalized spacial score (nSPS) is 11.0. The average molecular weight is 293 g/mol. The van der Waals surface area contributed by atoms with E-state index in [4.69, 9.17) is 11.0 Å². The van der Waals surface area contributed by atoms with Gasteiger partial charge in [0.2, 0.25) is 0 Å². The van der Waals surface area contributed by atoms with Gasteiger partial charge in [0.15, 0.2) is 0 Å². The van der Waals surface area contributed by atoms with E-state index in [0.29, 0.717) is 16.7 Å². The first-order valence-electron chi connectivity index (χ1n) is 5.86. The Kier molecular flexibility index (Phi) is 3.98. The maximum Gasteiger partial charge on any atom is 0.573 e. The first-order valence-corrected chi connectivity index (χ1v) is 5.86. The van der Waals surface area contributed by atoms with Gasteiger partial charge in [0.25, 0.3) is 0 Å². The minimum Gasteiger partial charge on any atom is -0.406 e. The van der Waals surface area contributed by atoms with Gasteiger partial charge in [-0.3, -0.25) is 0 Å². The van der Waals surface area contributed by atoms with Gasteiger partial charge >= 0.3 is 6.36 Å². The molecule has 0 atom stereocenters. The van der Waals surface area contributed by atoms with Crippen LogP contribution in [0, 0.1) is 11.3 Å². The topological polar surface area (TPSA) is 71.9 Å². The molecular weight excluding hydrogens is 283 g/mol. The summed E-state index contributed by atoms with van der Waals surface area (Å²) in [4.78, 5) is 3.94. The van der Waals surface area contributed by atoms with Crippen molar-refractivity contribution in [3.05, 3.63) is 42.1 Å². The van der Waals surface area contributed by atoms with E-state index in [1.54, 1.807) is 12.1 Å². The summed E-state index contributed by atoms with van der Waals surface area (Å²) in [6.45, 7) is 0. The number of anilines is 1. The maximum absolute atomic E-state index is 12.2. The molecule has 2 rings (SSSR count). The van der Waals surface area contributed by atoms with Crippen molar-refractivity contribution in [1.29, 1.82) is 5.26 Å². The summed E-state index contributed by atoms with van der Waals surface area (Å²) in [6, 6.07) is 9.02. The van der Waals surface area contributed by atoms with Crippen LogP contribution in [0.3, 0.4) is 0 Å². The molecule has 0 aliphatic rings. The van der Waals surface area contributed by atoms with Crippen LogP contribution < -0.4 is 10.5 Å². The van der Waals surface area contributed by atoms with E-state index < -0.39 is 6.36 Å². The van der Waals surface area contributed by atoms with Gasteiger partial charge in [-0.25, -0.2) is 4.98 Å². The summed E-state index contributed by atoms with van der Waals surface area (Å²) in [7, 11) is 0. The standard InChI is InChI=1S/C14H10F3N3O/c15-14(16,17)21-11-3-1-2-10(7-11)12-6-9(4-5-18)8-20-13(12)19/h1-3,6-8H,4H2,(H2,19,20). The van der Waals surface area contributed by atoms with Crippen LogP contribution >= 0.6 is 0 Å². The zero-order chi connectivity index (χ0) is 15.5. The highest BCUT2D eigenvalue weighted by atomic mass is 19.4. The molecule has 0 saturated heterocycles. The van der Waals surface area contributed by atoms with Crippen molar-refractivity contribution in [2.45, 2.75) is 12.8 Å². The Morgan fingerprint density at radius 1 is 1.29 bits per heavy atom. The van der Waals surface area contributed by atoms with E-state index in [0.717, 1.165) is 0 Å². The number of nitrogen functional groups attached to an aromatic ring is 1. The molecule has 4 nitrogen and oxygen atoms in total. The van der Waals surface area contributed by atoms with Crippen LogP contribution in [0.25, 0.3) is 11.1 Å². The van der Waals surface area contributed by atoms with E-state index in [9.17, 15) is 13.2 Å². The van der Waals surface area contributed by atoms with Crippen LogP contribution in [0.1, 0.15) is 5.56 Å². The van der Waals surface area contributed by atoms with Gasteiger partial charge in [-0.15, -0.1) is 13.2 Å². The van der Waals surface area contributed by atoms with E-state index in [1.807, 2.05) is 6.07 Å². The summed E-state index contributed by atoms with van der Waals surface area (Å²) in [5.41, 5.74) is 7.25. The number of benzene rings is 1. The van der Waals surface area contributed by atoms with Gasteiger partial charge in [-0.05, 0) is 29.3 Å². The van der Waals surface area contributed by atoms with E-state index in [1.165, 1.54) is 24.4 Å². The Morgan fingerprint density at radius 3 is 2.71 bits per heavy atom. The second-order valence-corrected chi connectivity index (χ2v) is 4.19. The Balaban J connectivity index is 2.40. The first kappa shape index (κ1) is 14.7. The third-order valence-corrected chi connectivity index (χ3v) is 2.64. The van der Waals surface area contributed by atoms with Crippen LogP contribution in [0.4, 0.5) is 19.0 Å². The highest BCUT2D eigenvalue weighted by molar-refractivity contribution is 5.75. The number of alkyl halides is 3. The van der Waals surface area contributed by atoms with Crippen molar-refractivity contribution in [3.63, 3.8) is 0 Å². The third-order valence-electron chi connectivity index (χ3n) is 2.64. The van der Waals surface area contributed by atoms with Crippen LogP contribution in [0.15, 0.2) is 36.5 Å². The molecule has 21 heavy (non-hydrogen) atoms. The fourth-order valence-corrected chi connectivity index (χ4v) is 1.80. The zero-order valence-corrected chi connectivity index (χ0v) is 10.7. The lowest BCUT2D eigenvalue weighted by atomic mass is 10.0. The fourth-order valence-electron chi connectivity index (χ4n) is 1.80. The molecule has 2 aromatic rings. The smallest absolute Gasteiger partial charge is 0.406 e. The van der Waals surface area contributed by atoms with Gasteiger partial charge in [0.1, 0.15) is 11.6 Å². The molecule has 1 aromatic heterocycles. The minimum absolute atomic E-state index is 0.138. The number of aromatic nitrogens is 1. The fraction of sp³-hybridized carbons (Fsp3) is 0.143. The molecular formula is C14H10F3N3O. The molecule has 0 saturated carbocycles. The van der Waals surface area contributed by atoms with Gasteiger partial charge in [0.05, 0.1) is 12.5 Å². The van der Waals surface area contributed by atoms with Gasteiger partial charge in [-0.1, -0.05) is 12.1 Å². The number of ether oxygens (including phenoxy) is 1. The largest absolute Gasteiger partial charge is 0.573 e. The van der Waals surface area contributed by atoms with Gasteiger partial charge in [0, 0.05) is 11.8 Å². The lowest BCUT2D eigenvalue weighted by Gasteiger charge is -2.11. The quantitative estimate of drug-likeness (QED) is 0.942. The van der Waals surface area contributed by atoms with E-state index >= 15 is 0 Å². The summed E-state index contributed by atoms with van der Waals surface area (Å²) < 4.78 is 40.5. The molecule has 7 heteroatoms. The Morgan fingerprint density at radius 2 is 2.05 bits per heavy atom. The molecule has 0 aliphatic carbocycles. The number of hydrogen-bond acceptors (Lipinski definition) is 4. The predicted molar refractivity (Wildman–Crippen MR) is 70.1 cm³/mol. The van der Waals surface area contributed by atoms with Crippen molar-refractivity contribution in [3.8, 4) is 22.9 Å². The van der Waals surface area contributed by atoms with Crippen molar-refractivity contribution in [1.82, 2.24) is 4.98 Å². The molecule has 0 unspecified atom stereocenters. The molecule has 0 aliphatic heterocycles. The molecule has 2 N–H and O–H groups in total. The van der Waals surface area contributed by atoms with Crippen LogP contribution in [-0.4, -0.2) is 11.3 Å². The molecule has 108 valence electrons. The van der Waals surface area contributed by atoms with E-state index in [-0.39, 0.29) is 18.0 Å². The summed E-state index contributed by atoms with van der Waals surface area (Å²) >= 11 is 0. The summed E-state index contributed by atoms with van der Waals surface area (Å²) in [5, 5.41) is 8.67. The molecule has 0 bridgehead atoms. The summed E-state index contributed by atoms with van der Waals surface area (Å²) in [6.07, 6.45) is -3.16. The second kappa shape index (κ2) is 5.71. The lowest BCUT2D eigenvalue weighted by molar-refractivity contribution is -0.274. The number of hydrogen-bond donors (Lipinski definition) is 1. The summed E-state index contributed by atoms with van der Waals surface area (Å²) in [5.74, 6) is -0.175. The van der Waals surface area contributed by atoms with Crippen molar-refractivity contribution < 1.29 is 17.9 Å². The van der Waals surface area contributed by atoms with Crippen LogP contribution in [-0.2, 0) is 6.42 Å². The second-order valence-electron chi connectivity index (χ2n) is 4.19. The van der Waals surface area contributed by atoms with Crippen molar-refractivity contribution >= 4 is 5.82 Å². The highest BCUT2D eigenvalue weighted by Crippen LogP contribution is 2.30. The Labute approximate surface area is 118 Å². The minimum atomic E-state index is -4.76. The van der Waals surface area contributed by atoms with Crippen LogP contribution in [0.2, 0.25) is 0 Å². The van der Waals surface area contributed by atoms with E-state index in [2.05, 4.69) is 9.72 Å². The number of pyridine rings is 1. The Hall–Kier alpha value is -2.75. The number of halogens is 3. The molecule has 0 fully saturated rings. The number of nitrogens with zero attached hydrogens (tertiary/aromatic N) is 2. The molecule has 0 radical (unpaired) electrons. The maximum atomic E-state index is 12.2. The Bertz CT molecular complexity index is 693. The molecule has 1 heterocycles. The molecule has 0 amide bonds. The molecule has 1 aromatic carbocycles. The monoisotopic (exact) mass is 293 g/mol. The average Bonchev–Trinajstić information content (AvgIpc) is 2.39. The number of nitriles is 1. The number of rotatable bonds is 3. The highest BCUT2D eigenvalue weighted by Gasteiger charge is 2.31. The van der Waals surface area contributed by atoms with Gasteiger partial charge < -0.3 is 10.5 Å². The SMILES string of the molecule is N#CCc1cnc(N)c(-c2cccc(OC(F)(F)F)c2)c1. The van der Waals surface area contributed by atoms with Crippen molar-refractivity contribution in [2.75, 3.05) is 5.73 Å². The predicted octanol–water partition coefficient (Wildman–Crippen LogP) is 3.30. The molecule has 0 spiro atoms. The van der Waals surface area contributed by atoms with Crippen molar-refractivity contribution in [2.24, 2.45) is 0 Å². The zero-order valence-electron chi connectivity index (χ0n) is 10.7. The lowest BCUT2D eigenvalue weighted by Crippen LogP contribution is -2.17. The van der Waals surface area contributed by atoms with Gasteiger partial charge in [-0.2, -0.15) is 5.26 Å². The first-order chi connectivity index (χ1) is 9.89. The third kappa shape index (κ3) is 3.86. The van der Waals surface area contributed by atoms with Crippen LogP contribution in [0.5, 0.6) is 5.75 Å².